The molecule has 0 bridgehead atoms. The van der Waals surface area contributed by atoms with Crippen molar-refractivity contribution in [2.75, 3.05) is 25.6 Å². The first-order valence-corrected chi connectivity index (χ1v) is 10.1. The largest absolute Gasteiger partial charge is 0.478 e. The number of hydrogen-bond acceptors (Lipinski definition) is 5. The van der Waals surface area contributed by atoms with Crippen molar-refractivity contribution in [3.05, 3.63) is 52.5 Å². The van der Waals surface area contributed by atoms with Gasteiger partial charge in [0.1, 0.15) is 0 Å². The highest BCUT2D eigenvalue weighted by molar-refractivity contribution is 7.89. The van der Waals surface area contributed by atoms with Gasteiger partial charge in [-0.25, -0.2) is 22.5 Å². The molecule has 0 radical (unpaired) electrons. The minimum atomic E-state index is -3.76. The molecule has 0 unspecified atom stereocenters. The molecule has 2 aromatic rings. The Bertz CT molecular complexity index is 1020. The summed E-state index contributed by atoms with van der Waals surface area (Å²) >= 11 is 5.98. The minimum absolute atomic E-state index is 0.114. The molecular weight excluding hydrogens is 404 g/mol. The number of carboxylic acids is 1. The summed E-state index contributed by atoms with van der Waals surface area (Å²) in [6, 6.07) is 9.07. The van der Waals surface area contributed by atoms with Crippen molar-refractivity contribution in [2.24, 2.45) is 10.3 Å². The summed E-state index contributed by atoms with van der Waals surface area (Å²) in [7, 11) is -1.01. The quantitative estimate of drug-likeness (QED) is 0.531. The van der Waals surface area contributed by atoms with Gasteiger partial charge in [-0.15, -0.1) is 5.11 Å². The third-order valence-corrected chi connectivity index (χ3v) is 6.03. The van der Waals surface area contributed by atoms with Gasteiger partial charge in [-0.2, -0.15) is 0 Å². The maximum atomic E-state index is 12.3. The van der Waals surface area contributed by atoms with Crippen LogP contribution in [0, 0.1) is 6.92 Å². The van der Waals surface area contributed by atoms with Gasteiger partial charge in [0.2, 0.25) is 10.0 Å². The normalized spacial score (nSPS) is 11.9. The smallest absolute Gasteiger partial charge is 0.337 e. The summed E-state index contributed by atoms with van der Waals surface area (Å²) in [4.78, 5) is 11.6. The Morgan fingerprint density at radius 2 is 1.86 bits per heavy atom. The first-order valence-electron chi connectivity index (χ1n) is 8.33. The molecular formula is C18H21ClN4O4S. The van der Waals surface area contributed by atoms with Gasteiger partial charge in [0.25, 0.3) is 0 Å². The van der Waals surface area contributed by atoms with Crippen LogP contribution < -0.4 is 5.01 Å². The number of halogens is 1. The Kier molecular flexibility index (Phi) is 6.76. The summed E-state index contributed by atoms with van der Waals surface area (Å²) in [6.07, 6.45) is 0. The molecule has 150 valence electrons. The van der Waals surface area contributed by atoms with Gasteiger partial charge < -0.3 is 5.11 Å². The van der Waals surface area contributed by atoms with E-state index < -0.39 is 16.0 Å². The fourth-order valence-corrected chi connectivity index (χ4v) is 3.45. The van der Waals surface area contributed by atoms with Crippen molar-refractivity contribution in [3.8, 4) is 0 Å². The number of aromatic carboxylic acids is 1. The second-order valence-corrected chi connectivity index (χ2v) is 8.70. The van der Waals surface area contributed by atoms with E-state index in [-0.39, 0.29) is 16.1 Å². The van der Waals surface area contributed by atoms with Crippen LogP contribution >= 0.6 is 11.6 Å². The maximum absolute atomic E-state index is 12.3. The summed E-state index contributed by atoms with van der Waals surface area (Å²) in [5.41, 5.74) is 1.45. The highest BCUT2D eigenvalue weighted by Gasteiger charge is 2.23. The van der Waals surface area contributed by atoms with Crippen LogP contribution in [-0.4, -0.2) is 44.4 Å². The monoisotopic (exact) mass is 424 g/mol. The van der Waals surface area contributed by atoms with Crippen LogP contribution in [0.3, 0.4) is 0 Å². The molecule has 0 saturated heterocycles. The lowest BCUT2D eigenvalue weighted by Crippen LogP contribution is -2.23. The number of benzene rings is 2. The molecule has 28 heavy (non-hydrogen) atoms. The molecule has 0 amide bonds. The number of carboxylic acid groups (broad SMARTS) is 1. The van der Waals surface area contributed by atoms with Crippen LogP contribution in [-0.2, 0) is 10.0 Å². The number of hydrogen-bond donors (Lipinski definition) is 1. The van der Waals surface area contributed by atoms with Crippen molar-refractivity contribution in [2.45, 2.75) is 18.7 Å². The number of rotatable bonds is 7. The van der Waals surface area contributed by atoms with Gasteiger partial charge in [0.05, 0.1) is 21.8 Å². The standard InChI is InChI=1S/C18H21ClN4O4S/c1-5-23(21-20-16-10-13(19)7-6-12(16)2)17-9-8-14(11-15(17)18(24)25)28(26,27)22(3)4/h6-11H,5H2,1-4H3,(H,24,25). The minimum Gasteiger partial charge on any atom is -0.478 e. The van der Waals surface area contributed by atoms with Crippen LogP contribution in [0.15, 0.2) is 51.6 Å². The summed E-state index contributed by atoms with van der Waals surface area (Å²) in [5, 5.41) is 19.8. The highest BCUT2D eigenvalue weighted by atomic mass is 35.5. The second kappa shape index (κ2) is 8.68. The Hall–Kier alpha value is -2.49. The lowest BCUT2D eigenvalue weighted by molar-refractivity contribution is 0.0697. The van der Waals surface area contributed by atoms with Gasteiger partial charge in [-0.05, 0) is 49.7 Å². The fraction of sp³-hybridized carbons (Fsp3) is 0.278. The van der Waals surface area contributed by atoms with E-state index in [0.29, 0.717) is 17.3 Å². The summed E-state index contributed by atoms with van der Waals surface area (Å²) < 4.78 is 25.6. The van der Waals surface area contributed by atoms with Crippen LogP contribution in [0.25, 0.3) is 0 Å². The van der Waals surface area contributed by atoms with Crippen molar-refractivity contribution >= 4 is 39.0 Å². The van der Waals surface area contributed by atoms with E-state index in [1.54, 1.807) is 25.1 Å². The fourth-order valence-electron chi connectivity index (χ4n) is 2.36. The molecule has 0 aromatic heterocycles. The summed E-state index contributed by atoms with van der Waals surface area (Å²) in [5.74, 6) is -1.27. The predicted octanol–water partition coefficient (Wildman–Crippen LogP) is 4.12. The average Bonchev–Trinajstić information content (AvgIpc) is 2.64. The zero-order valence-electron chi connectivity index (χ0n) is 15.9. The molecule has 10 heteroatoms. The number of aryl methyl sites for hydroxylation is 1. The van der Waals surface area contributed by atoms with E-state index in [0.717, 1.165) is 15.9 Å². The first-order chi connectivity index (χ1) is 13.1. The average molecular weight is 425 g/mol. The second-order valence-electron chi connectivity index (χ2n) is 6.11. The lowest BCUT2D eigenvalue weighted by atomic mass is 10.1. The third kappa shape index (κ3) is 4.67. The molecule has 0 atom stereocenters. The molecule has 0 aliphatic rings. The van der Waals surface area contributed by atoms with Crippen molar-refractivity contribution in [1.82, 2.24) is 4.31 Å². The molecule has 0 aliphatic carbocycles. The van der Waals surface area contributed by atoms with E-state index in [2.05, 4.69) is 10.3 Å². The SMILES string of the molecule is CCN(N=Nc1cc(Cl)ccc1C)c1ccc(S(=O)(=O)N(C)C)cc1C(=O)O. The Labute approximate surface area is 169 Å². The molecule has 0 aliphatic heterocycles. The van der Waals surface area contributed by atoms with Gasteiger partial charge in [-0.1, -0.05) is 22.9 Å². The van der Waals surface area contributed by atoms with Crippen molar-refractivity contribution in [1.29, 1.82) is 0 Å². The summed E-state index contributed by atoms with van der Waals surface area (Å²) in [6.45, 7) is 3.95. The zero-order valence-corrected chi connectivity index (χ0v) is 17.5. The first kappa shape index (κ1) is 21.8. The maximum Gasteiger partial charge on any atom is 0.337 e. The molecule has 0 spiro atoms. The van der Waals surface area contributed by atoms with Crippen LogP contribution in [0.4, 0.5) is 11.4 Å². The topological polar surface area (TPSA) is 103 Å². The van der Waals surface area contributed by atoms with Crippen LogP contribution in [0.5, 0.6) is 0 Å². The van der Waals surface area contributed by atoms with Crippen molar-refractivity contribution in [3.63, 3.8) is 0 Å². The van der Waals surface area contributed by atoms with E-state index in [9.17, 15) is 18.3 Å². The Balaban J connectivity index is 2.50. The molecule has 2 aromatic carbocycles. The number of nitrogens with zero attached hydrogens (tertiary/aromatic N) is 4. The highest BCUT2D eigenvalue weighted by Crippen LogP contribution is 2.28. The van der Waals surface area contributed by atoms with Crippen LogP contribution in [0.1, 0.15) is 22.8 Å². The molecule has 1 N–H and O–H groups in total. The third-order valence-electron chi connectivity index (χ3n) is 3.99. The van der Waals surface area contributed by atoms with E-state index in [1.807, 2.05) is 6.92 Å². The molecule has 2 rings (SSSR count). The molecule has 8 nitrogen and oxygen atoms in total. The van der Waals surface area contributed by atoms with Gasteiger partial charge in [0.15, 0.2) is 0 Å². The molecule has 0 heterocycles. The Morgan fingerprint density at radius 3 is 2.43 bits per heavy atom. The van der Waals surface area contributed by atoms with Gasteiger partial charge in [0, 0.05) is 25.7 Å². The molecule has 0 fully saturated rings. The van der Waals surface area contributed by atoms with Crippen LogP contribution in [0.2, 0.25) is 5.02 Å². The lowest BCUT2D eigenvalue weighted by Gasteiger charge is -2.19. The Morgan fingerprint density at radius 1 is 1.18 bits per heavy atom. The number of carbonyl (C=O) groups is 1. The zero-order chi connectivity index (χ0) is 21.1. The predicted molar refractivity (Wildman–Crippen MR) is 108 cm³/mol. The van der Waals surface area contributed by atoms with E-state index in [4.69, 9.17) is 11.6 Å². The number of sulfonamides is 1. The number of anilines is 1. The van der Waals surface area contributed by atoms with Crippen molar-refractivity contribution < 1.29 is 18.3 Å². The van der Waals surface area contributed by atoms with E-state index >= 15 is 0 Å². The van der Waals surface area contributed by atoms with E-state index in [1.165, 1.54) is 31.2 Å². The van der Waals surface area contributed by atoms with Gasteiger partial charge in [-0.3, -0.25) is 0 Å². The molecule has 0 saturated carbocycles. The van der Waals surface area contributed by atoms with Gasteiger partial charge >= 0.3 is 5.97 Å².